The van der Waals surface area contributed by atoms with Crippen molar-refractivity contribution in [3.05, 3.63) is 24.4 Å². The quantitative estimate of drug-likeness (QED) is 0.836. The van der Waals surface area contributed by atoms with Crippen molar-refractivity contribution in [2.24, 2.45) is 0 Å². The van der Waals surface area contributed by atoms with E-state index in [0.717, 1.165) is 37.1 Å². The molecular weight excluding hydrogens is 230 g/mol. The van der Waals surface area contributed by atoms with Crippen LogP contribution >= 0.6 is 0 Å². The lowest BCUT2D eigenvalue weighted by Gasteiger charge is -2.22. The van der Waals surface area contributed by atoms with Gasteiger partial charge in [-0.15, -0.1) is 0 Å². The van der Waals surface area contributed by atoms with Crippen LogP contribution in [0.4, 0.5) is 0 Å². The summed E-state index contributed by atoms with van der Waals surface area (Å²) in [5.74, 6) is 0.633. The van der Waals surface area contributed by atoms with Crippen LogP contribution in [0.2, 0.25) is 0 Å². The second kappa shape index (κ2) is 4.94. The molecule has 0 spiro atoms. The molecule has 1 aliphatic heterocycles. The number of nitrogens with zero attached hydrogens (tertiary/aromatic N) is 3. The Morgan fingerprint density at radius 1 is 1.44 bits per heavy atom. The van der Waals surface area contributed by atoms with Gasteiger partial charge in [0.05, 0.1) is 17.5 Å². The van der Waals surface area contributed by atoms with E-state index in [2.05, 4.69) is 17.0 Å². The average Bonchev–Trinajstić information content (AvgIpc) is 3.08. The molecular formula is C13H17N3O2. The van der Waals surface area contributed by atoms with Crippen LogP contribution in [0.1, 0.15) is 38.1 Å². The lowest BCUT2D eigenvalue weighted by Crippen LogP contribution is -2.18. The molecule has 0 radical (unpaired) electrons. The van der Waals surface area contributed by atoms with Gasteiger partial charge in [0, 0.05) is 12.8 Å². The molecule has 0 aromatic carbocycles. The maximum absolute atomic E-state index is 5.69. The lowest BCUT2D eigenvalue weighted by molar-refractivity contribution is -0.0394. The molecule has 1 fully saturated rings. The van der Waals surface area contributed by atoms with Crippen LogP contribution in [0.15, 0.2) is 23.1 Å². The molecule has 0 aliphatic carbocycles. The number of aryl methyl sites for hydroxylation is 1. The van der Waals surface area contributed by atoms with Gasteiger partial charge in [-0.3, -0.25) is 0 Å². The highest BCUT2D eigenvalue weighted by Gasteiger charge is 2.17. The molecule has 18 heavy (non-hydrogen) atoms. The second-order valence-corrected chi connectivity index (χ2v) is 4.53. The minimum atomic E-state index is 0.0631. The van der Waals surface area contributed by atoms with Gasteiger partial charge in [0.25, 0.3) is 0 Å². The Labute approximate surface area is 106 Å². The van der Waals surface area contributed by atoms with Crippen molar-refractivity contribution in [2.75, 3.05) is 6.61 Å². The molecule has 1 saturated heterocycles. The van der Waals surface area contributed by atoms with Gasteiger partial charge in [0.1, 0.15) is 12.5 Å². The van der Waals surface area contributed by atoms with E-state index in [-0.39, 0.29) is 6.23 Å². The highest BCUT2D eigenvalue weighted by molar-refractivity contribution is 5.50. The summed E-state index contributed by atoms with van der Waals surface area (Å²) < 4.78 is 13.0. The molecule has 1 unspecified atom stereocenters. The minimum absolute atomic E-state index is 0.0631. The van der Waals surface area contributed by atoms with Crippen LogP contribution in [0.5, 0.6) is 0 Å². The first-order valence-electron chi connectivity index (χ1n) is 6.47. The lowest BCUT2D eigenvalue weighted by atomic mass is 10.2. The predicted molar refractivity (Wildman–Crippen MR) is 65.9 cm³/mol. The van der Waals surface area contributed by atoms with Crippen LogP contribution in [-0.2, 0) is 11.2 Å². The number of hydrogen-bond acceptors (Lipinski definition) is 4. The third-order valence-electron chi connectivity index (χ3n) is 3.21. The van der Waals surface area contributed by atoms with E-state index in [4.69, 9.17) is 9.15 Å². The van der Waals surface area contributed by atoms with E-state index >= 15 is 0 Å². The summed E-state index contributed by atoms with van der Waals surface area (Å²) >= 11 is 0. The fourth-order valence-corrected chi connectivity index (χ4v) is 2.14. The molecule has 0 saturated carbocycles. The van der Waals surface area contributed by atoms with Crippen molar-refractivity contribution in [2.45, 2.75) is 38.8 Å². The van der Waals surface area contributed by atoms with Gasteiger partial charge in [-0.2, -0.15) is 5.10 Å². The highest BCUT2D eigenvalue weighted by atomic mass is 16.5. The van der Waals surface area contributed by atoms with E-state index in [9.17, 15) is 0 Å². The summed E-state index contributed by atoms with van der Waals surface area (Å²) in [6.45, 7) is 2.87. The Kier molecular flexibility index (Phi) is 3.15. The molecule has 3 rings (SSSR count). The van der Waals surface area contributed by atoms with Gasteiger partial charge in [-0.05, 0) is 25.7 Å². The highest BCUT2D eigenvalue weighted by Crippen LogP contribution is 2.24. The summed E-state index contributed by atoms with van der Waals surface area (Å²) in [6.07, 6.45) is 9.72. The van der Waals surface area contributed by atoms with E-state index in [1.165, 1.54) is 6.42 Å². The molecule has 2 aromatic rings. The van der Waals surface area contributed by atoms with Gasteiger partial charge in [-0.1, -0.05) is 6.92 Å². The fourth-order valence-electron chi connectivity index (χ4n) is 2.14. The van der Waals surface area contributed by atoms with E-state index in [1.807, 2.05) is 10.9 Å². The van der Waals surface area contributed by atoms with Gasteiger partial charge in [0.15, 0.2) is 0 Å². The zero-order valence-electron chi connectivity index (χ0n) is 10.5. The third-order valence-corrected chi connectivity index (χ3v) is 3.21. The Morgan fingerprint density at radius 2 is 2.39 bits per heavy atom. The van der Waals surface area contributed by atoms with Crippen LogP contribution < -0.4 is 0 Å². The summed E-state index contributed by atoms with van der Waals surface area (Å²) in [5, 5.41) is 4.34. The summed E-state index contributed by atoms with van der Waals surface area (Å²) in [5.41, 5.74) is 1.87. The van der Waals surface area contributed by atoms with E-state index in [0.29, 0.717) is 5.89 Å². The normalized spacial score (nSPS) is 20.2. The number of rotatable bonds is 3. The van der Waals surface area contributed by atoms with Crippen LogP contribution in [0, 0.1) is 0 Å². The number of oxazole rings is 1. The SMILES string of the molecule is CCc1coc(-c2cnn(C3CCCCO3)c2)n1. The molecule has 0 bridgehead atoms. The molecule has 2 aromatic heterocycles. The van der Waals surface area contributed by atoms with Crippen molar-refractivity contribution in [3.8, 4) is 11.5 Å². The largest absolute Gasteiger partial charge is 0.444 e. The van der Waals surface area contributed by atoms with Crippen molar-refractivity contribution in [1.29, 1.82) is 0 Å². The van der Waals surface area contributed by atoms with Crippen LogP contribution in [0.25, 0.3) is 11.5 Å². The monoisotopic (exact) mass is 247 g/mol. The van der Waals surface area contributed by atoms with Crippen LogP contribution in [-0.4, -0.2) is 21.4 Å². The van der Waals surface area contributed by atoms with E-state index in [1.54, 1.807) is 12.5 Å². The maximum atomic E-state index is 5.69. The summed E-state index contributed by atoms with van der Waals surface area (Å²) in [4.78, 5) is 4.40. The maximum Gasteiger partial charge on any atom is 0.229 e. The first-order valence-corrected chi connectivity index (χ1v) is 6.47. The van der Waals surface area contributed by atoms with Gasteiger partial charge < -0.3 is 9.15 Å². The first kappa shape index (κ1) is 11.5. The Balaban J connectivity index is 1.79. The zero-order valence-corrected chi connectivity index (χ0v) is 10.5. The molecule has 1 aliphatic rings. The Morgan fingerprint density at radius 3 is 3.11 bits per heavy atom. The van der Waals surface area contributed by atoms with E-state index < -0.39 is 0 Å². The number of aromatic nitrogens is 3. The average molecular weight is 247 g/mol. The van der Waals surface area contributed by atoms with Crippen molar-refractivity contribution >= 4 is 0 Å². The predicted octanol–water partition coefficient (Wildman–Crippen LogP) is 2.80. The second-order valence-electron chi connectivity index (χ2n) is 4.53. The molecule has 0 N–H and O–H groups in total. The Hall–Kier alpha value is -1.62. The minimum Gasteiger partial charge on any atom is -0.444 e. The molecule has 0 amide bonds. The summed E-state index contributed by atoms with van der Waals surface area (Å²) in [6, 6.07) is 0. The summed E-state index contributed by atoms with van der Waals surface area (Å²) in [7, 11) is 0. The van der Waals surface area contributed by atoms with Crippen molar-refractivity contribution in [1.82, 2.24) is 14.8 Å². The van der Waals surface area contributed by atoms with Gasteiger partial charge >= 0.3 is 0 Å². The molecule has 5 heteroatoms. The zero-order chi connectivity index (χ0) is 12.4. The molecule has 3 heterocycles. The van der Waals surface area contributed by atoms with Gasteiger partial charge in [-0.25, -0.2) is 9.67 Å². The number of ether oxygens (including phenoxy) is 1. The van der Waals surface area contributed by atoms with Gasteiger partial charge in [0.2, 0.25) is 5.89 Å². The van der Waals surface area contributed by atoms with Crippen molar-refractivity contribution < 1.29 is 9.15 Å². The topological polar surface area (TPSA) is 53.1 Å². The molecule has 1 atom stereocenters. The molecule has 5 nitrogen and oxygen atoms in total. The van der Waals surface area contributed by atoms with Crippen molar-refractivity contribution in [3.63, 3.8) is 0 Å². The van der Waals surface area contributed by atoms with Crippen LogP contribution in [0.3, 0.4) is 0 Å². The molecule has 96 valence electrons. The Bertz CT molecular complexity index is 512. The number of hydrogen-bond donors (Lipinski definition) is 0. The fraction of sp³-hybridized carbons (Fsp3) is 0.538. The third kappa shape index (κ3) is 2.18. The first-order chi connectivity index (χ1) is 8.86. The standard InChI is InChI=1S/C13H17N3O2/c1-2-11-9-18-13(15-11)10-7-14-16(8-10)12-5-3-4-6-17-12/h7-9,12H,2-6H2,1H3. The smallest absolute Gasteiger partial charge is 0.229 e.